The maximum Gasteiger partial charge on any atom is 0.264 e. The number of halogens is 1. The second-order valence-corrected chi connectivity index (χ2v) is 6.65. The van der Waals surface area contributed by atoms with Crippen molar-refractivity contribution in [1.82, 2.24) is 0 Å². The molecule has 1 atom stereocenters. The molecule has 0 aliphatic carbocycles. The number of nitrogens with zero attached hydrogens (tertiary/aromatic N) is 1. The van der Waals surface area contributed by atoms with Gasteiger partial charge in [0.15, 0.2) is 5.60 Å². The van der Waals surface area contributed by atoms with Crippen molar-refractivity contribution in [3.8, 4) is 0 Å². The normalized spacial score (nSPS) is 19.5. The molecule has 2 aromatic carbocycles. The predicted molar refractivity (Wildman–Crippen MR) is 93.0 cm³/mol. The summed E-state index contributed by atoms with van der Waals surface area (Å²) >= 11 is 6.20. The lowest BCUT2D eigenvalue weighted by Crippen LogP contribution is -2.41. The standard InChI is InChI=1S/C19H18ClNO3/c1-12-7-8-17-15(9-12)19(24,10-13(2)22)18(23)21(17)11-14-5-3-4-6-16(14)20/h3-9,24H,10-11H2,1-2H3/t19-/m0/s1. The van der Waals surface area contributed by atoms with Gasteiger partial charge in [0.2, 0.25) is 0 Å². The Morgan fingerprint density at radius 3 is 2.62 bits per heavy atom. The Kier molecular flexibility index (Phi) is 4.20. The average molecular weight is 344 g/mol. The van der Waals surface area contributed by atoms with Crippen molar-refractivity contribution in [3.63, 3.8) is 0 Å². The summed E-state index contributed by atoms with van der Waals surface area (Å²) in [5.74, 6) is -0.726. The number of rotatable bonds is 4. The number of carbonyl (C=O) groups is 2. The number of hydrogen-bond acceptors (Lipinski definition) is 3. The van der Waals surface area contributed by atoms with Crippen LogP contribution in [-0.4, -0.2) is 16.8 Å². The number of hydrogen-bond donors (Lipinski definition) is 1. The number of carbonyl (C=O) groups excluding carboxylic acids is 2. The van der Waals surface area contributed by atoms with Crippen molar-refractivity contribution >= 4 is 29.0 Å². The molecule has 0 bridgehead atoms. The first-order valence-electron chi connectivity index (χ1n) is 7.71. The van der Waals surface area contributed by atoms with E-state index in [4.69, 9.17) is 11.6 Å². The summed E-state index contributed by atoms with van der Waals surface area (Å²) in [6, 6.07) is 12.7. The van der Waals surface area contributed by atoms with Crippen molar-refractivity contribution in [1.29, 1.82) is 0 Å². The monoisotopic (exact) mass is 343 g/mol. The maximum absolute atomic E-state index is 12.9. The number of ketones is 1. The molecule has 1 N–H and O–H groups in total. The third-order valence-electron chi connectivity index (χ3n) is 4.28. The van der Waals surface area contributed by atoms with Gasteiger partial charge in [-0.05, 0) is 31.5 Å². The molecule has 0 fully saturated rings. The van der Waals surface area contributed by atoms with E-state index in [-0.39, 0.29) is 18.7 Å². The van der Waals surface area contributed by atoms with E-state index < -0.39 is 11.5 Å². The first-order chi connectivity index (χ1) is 11.3. The fourth-order valence-electron chi connectivity index (χ4n) is 3.15. The zero-order chi connectivity index (χ0) is 17.5. The van der Waals surface area contributed by atoms with E-state index in [1.807, 2.05) is 31.2 Å². The van der Waals surface area contributed by atoms with Gasteiger partial charge >= 0.3 is 0 Å². The van der Waals surface area contributed by atoms with E-state index in [1.165, 1.54) is 11.8 Å². The van der Waals surface area contributed by atoms with Gasteiger partial charge in [0.1, 0.15) is 5.78 Å². The van der Waals surface area contributed by atoms with Crippen LogP contribution in [0.1, 0.15) is 30.0 Å². The van der Waals surface area contributed by atoms with Crippen LogP contribution in [0, 0.1) is 6.92 Å². The molecule has 124 valence electrons. The van der Waals surface area contributed by atoms with Gasteiger partial charge in [-0.3, -0.25) is 9.59 Å². The van der Waals surface area contributed by atoms with Crippen LogP contribution in [0.15, 0.2) is 42.5 Å². The highest BCUT2D eigenvalue weighted by Gasteiger charge is 2.50. The van der Waals surface area contributed by atoms with E-state index >= 15 is 0 Å². The van der Waals surface area contributed by atoms with Crippen LogP contribution in [-0.2, 0) is 21.7 Å². The third kappa shape index (κ3) is 2.72. The summed E-state index contributed by atoms with van der Waals surface area (Å²) in [4.78, 5) is 26.0. The van der Waals surface area contributed by atoms with Gasteiger partial charge in [-0.1, -0.05) is 47.5 Å². The van der Waals surface area contributed by atoms with Gasteiger partial charge in [0.05, 0.1) is 12.2 Å². The van der Waals surface area contributed by atoms with Gasteiger partial charge < -0.3 is 10.0 Å². The molecule has 2 aromatic rings. The summed E-state index contributed by atoms with van der Waals surface area (Å²) in [6.45, 7) is 3.50. The quantitative estimate of drug-likeness (QED) is 0.926. The molecule has 1 aliphatic rings. The van der Waals surface area contributed by atoms with Crippen LogP contribution < -0.4 is 4.90 Å². The molecule has 0 saturated heterocycles. The maximum atomic E-state index is 12.9. The molecule has 1 amide bonds. The van der Waals surface area contributed by atoms with Crippen molar-refractivity contribution in [2.45, 2.75) is 32.4 Å². The SMILES string of the molecule is CC(=O)C[C@@]1(O)C(=O)N(Cc2ccccc2Cl)c2ccc(C)cc21. The molecule has 0 radical (unpaired) electrons. The second kappa shape index (κ2) is 6.04. The molecule has 24 heavy (non-hydrogen) atoms. The zero-order valence-corrected chi connectivity index (χ0v) is 14.3. The minimum atomic E-state index is -1.81. The topological polar surface area (TPSA) is 57.6 Å². The van der Waals surface area contributed by atoms with Gasteiger partial charge in [-0.25, -0.2) is 0 Å². The first kappa shape index (κ1) is 16.7. The number of aliphatic hydroxyl groups is 1. The molecule has 0 spiro atoms. The second-order valence-electron chi connectivity index (χ2n) is 6.24. The number of benzene rings is 2. The van der Waals surface area contributed by atoms with Crippen LogP contribution in [0.3, 0.4) is 0 Å². The average Bonchev–Trinajstić information content (AvgIpc) is 2.71. The predicted octanol–water partition coefficient (Wildman–Crippen LogP) is 3.36. The lowest BCUT2D eigenvalue weighted by molar-refractivity contribution is -0.141. The minimum absolute atomic E-state index is 0.235. The van der Waals surface area contributed by atoms with Crippen LogP contribution in [0.2, 0.25) is 5.02 Å². The van der Waals surface area contributed by atoms with E-state index in [1.54, 1.807) is 18.2 Å². The Bertz CT molecular complexity index is 833. The van der Waals surface area contributed by atoms with Crippen LogP contribution in [0.25, 0.3) is 0 Å². The smallest absolute Gasteiger partial charge is 0.264 e. The molecular formula is C19H18ClNO3. The van der Waals surface area contributed by atoms with Gasteiger partial charge in [-0.2, -0.15) is 0 Å². The molecular weight excluding hydrogens is 326 g/mol. The molecule has 1 heterocycles. The summed E-state index contributed by atoms with van der Waals surface area (Å²) in [5.41, 5.74) is 0.993. The van der Waals surface area contributed by atoms with E-state index in [0.717, 1.165) is 11.1 Å². The molecule has 1 aliphatic heterocycles. The van der Waals surface area contributed by atoms with E-state index in [9.17, 15) is 14.7 Å². The largest absolute Gasteiger partial charge is 0.375 e. The Morgan fingerprint density at radius 2 is 1.96 bits per heavy atom. The Morgan fingerprint density at radius 1 is 1.25 bits per heavy atom. The minimum Gasteiger partial charge on any atom is -0.375 e. The highest BCUT2D eigenvalue weighted by Crippen LogP contribution is 2.44. The highest BCUT2D eigenvalue weighted by molar-refractivity contribution is 6.31. The number of amides is 1. The fraction of sp³-hybridized carbons (Fsp3) is 0.263. The highest BCUT2D eigenvalue weighted by atomic mass is 35.5. The van der Waals surface area contributed by atoms with Crippen molar-refractivity contribution < 1.29 is 14.7 Å². The van der Waals surface area contributed by atoms with Crippen LogP contribution in [0.5, 0.6) is 0 Å². The molecule has 0 saturated carbocycles. The van der Waals surface area contributed by atoms with E-state index in [2.05, 4.69) is 0 Å². The number of anilines is 1. The molecule has 5 heteroatoms. The van der Waals surface area contributed by atoms with E-state index in [0.29, 0.717) is 16.3 Å². The van der Waals surface area contributed by atoms with Crippen molar-refractivity contribution in [2.24, 2.45) is 0 Å². The fourth-order valence-corrected chi connectivity index (χ4v) is 3.34. The third-order valence-corrected chi connectivity index (χ3v) is 4.65. The molecule has 3 rings (SSSR count). The summed E-state index contributed by atoms with van der Waals surface area (Å²) in [6.07, 6.45) is -0.235. The Labute approximate surface area is 145 Å². The number of fused-ring (bicyclic) bond motifs is 1. The zero-order valence-electron chi connectivity index (χ0n) is 13.5. The number of aryl methyl sites for hydroxylation is 1. The lowest BCUT2D eigenvalue weighted by Gasteiger charge is -2.22. The van der Waals surface area contributed by atoms with Crippen LogP contribution >= 0.6 is 11.6 Å². The Hall–Kier alpha value is -2.17. The van der Waals surface area contributed by atoms with Gasteiger partial charge in [0.25, 0.3) is 5.91 Å². The van der Waals surface area contributed by atoms with Crippen LogP contribution in [0.4, 0.5) is 5.69 Å². The first-order valence-corrected chi connectivity index (χ1v) is 8.09. The molecule has 0 unspecified atom stereocenters. The summed E-state index contributed by atoms with van der Waals surface area (Å²) in [7, 11) is 0. The number of Topliss-reactive ketones (excluding diaryl/α,β-unsaturated/α-hetero) is 1. The molecule has 4 nitrogen and oxygen atoms in total. The summed E-state index contributed by atoms with van der Waals surface area (Å²) < 4.78 is 0. The van der Waals surface area contributed by atoms with Crippen molar-refractivity contribution in [3.05, 3.63) is 64.2 Å². The van der Waals surface area contributed by atoms with Crippen molar-refractivity contribution in [2.75, 3.05) is 4.90 Å². The van der Waals surface area contributed by atoms with Gasteiger partial charge in [0, 0.05) is 17.0 Å². The Balaban J connectivity index is 2.08. The lowest BCUT2D eigenvalue weighted by atomic mass is 9.89. The summed E-state index contributed by atoms with van der Waals surface area (Å²) in [5, 5.41) is 11.5. The van der Waals surface area contributed by atoms with Gasteiger partial charge in [-0.15, -0.1) is 0 Å². The molecule has 0 aromatic heterocycles.